The van der Waals surface area contributed by atoms with Gasteiger partial charge in [0.25, 0.3) is 0 Å². The molecule has 0 radical (unpaired) electrons. The Morgan fingerprint density at radius 2 is 1.63 bits per heavy atom. The Hall–Kier alpha value is -0.830. The number of hydrogen-bond acceptors (Lipinski definition) is 3. The molecule has 1 N–H and O–H groups in total. The molecule has 0 saturated heterocycles. The first kappa shape index (κ1) is 14.6. The van der Waals surface area contributed by atoms with E-state index in [1.807, 2.05) is 13.8 Å². The zero-order valence-electron chi connectivity index (χ0n) is 12.2. The highest BCUT2D eigenvalue weighted by molar-refractivity contribution is 5.81. The van der Waals surface area contributed by atoms with E-state index in [0.29, 0.717) is 0 Å². The summed E-state index contributed by atoms with van der Waals surface area (Å²) in [5, 5.41) is 11.1. The zero-order valence-corrected chi connectivity index (χ0v) is 12.2. The lowest BCUT2D eigenvalue weighted by molar-refractivity contribution is -0.233. The van der Waals surface area contributed by atoms with Crippen LogP contribution >= 0.6 is 0 Å². The van der Waals surface area contributed by atoms with Crippen LogP contribution in [-0.4, -0.2) is 22.3 Å². The predicted molar refractivity (Wildman–Crippen MR) is 74.7 cm³/mol. The maximum atomic E-state index is 11.6. The Morgan fingerprint density at radius 1 is 1.16 bits per heavy atom. The molecule has 0 atom stereocenters. The van der Waals surface area contributed by atoms with Crippen LogP contribution in [0, 0.1) is 5.41 Å². The predicted octanol–water partition coefficient (Wildman–Crippen LogP) is 3.36. The van der Waals surface area contributed by atoms with E-state index >= 15 is 0 Å². The first-order valence-electron chi connectivity index (χ1n) is 7.45. The molecule has 3 heteroatoms. The first-order valence-corrected chi connectivity index (χ1v) is 7.45. The molecular formula is C16H26O3. The van der Waals surface area contributed by atoms with Crippen molar-refractivity contribution in [2.45, 2.75) is 76.4 Å². The molecule has 0 aromatic heterocycles. The van der Waals surface area contributed by atoms with Crippen LogP contribution in [0.5, 0.6) is 0 Å². The summed E-state index contributed by atoms with van der Waals surface area (Å²) < 4.78 is 5.63. The van der Waals surface area contributed by atoms with Gasteiger partial charge in [0.1, 0.15) is 5.60 Å². The van der Waals surface area contributed by atoms with Crippen molar-refractivity contribution in [3.05, 3.63) is 12.7 Å². The van der Waals surface area contributed by atoms with Crippen LogP contribution in [0.1, 0.15) is 65.2 Å². The van der Waals surface area contributed by atoms with Crippen LogP contribution in [0.4, 0.5) is 0 Å². The number of aliphatic hydroxyl groups is 1. The molecule has 108 valence electrons. The quantitative estimate of drug-likeness (QED) is 0.629. The van der Waals surface area contributed by atoms with Crippen molar-refractivity contribution in [2.24, 2.45) is 5.41 Å². The van der Waals surface area contributed by atoms with Crippen molar-refractivity contribution in [3.8, 4) is 0 Å². The van der Waals surface area contributed by atoms with E-state index in [1.54, 1.807) is 0 Å². The van der Waals surface area contributed by atoms with Gasteiger partial charge in [-0.05, 0) is 39.5 Å². The van der Waals surface area contributed by atoms with Gasteiger partial charge in [-0.25, -0.2) is 4.79 Å². The lowest BCUT2D eigenvalue weighted by Crippen LogP contribution is -2.63. The molecule has 0 bridgehead atoms. The van der Waals surface area contributed by atoms with Crippen LogP contribution in [0.2, 0.25) is 0 Å². The largest absolute Gasteiger partial charge is 0.456 e. The van der Waals surface area contributed by atoms with Gasteiger partial charge in [-0.3, -0.25) is 0 Å². The molecule has 2 rings (SSSR count). The molecule has 0 amide bonds. The monoisotopic (exact) mass is 266 g/mol. The summed E-state index contributed by atoms with van der Waals surface area (Å²) >= 11 is 0. The zero-order chi connectivity index (χ0) is 14.1. The van der Waals surface area contributed by atoms with Crippen molar-refractivity contribution in [1.29, 1.82) is 0 Å². The highest BCUT2D eigenvalue weighted by Crippen LogP contribution is 2.59. The number of fused-ring (bicyclic) bond motifs is 1. The van der Waals surface area contributed by atoms with E-state index in [0.717, 1.165) is 51.4 Å². The highest BCUT2D eigenvalue weighted by atomic mass is 16.6. The number of hydrogen-bond donors (Lipinski definition) is 1. The molecule has 19 heavy (non-hydrogen) atoms. The fourth-order valence-corrected chi connectivity index (χ4v) is 4.44. The average molecular weight is 266 g/mol. The Morgan fingerprint density at radius 3 is 2.11 bits per heavy atom. The number of carbonyl (C=O) groups excluding carboxylic acids is 1. The smallest absolute Gasteiger partial charge is 0.330 e. The topological polar surface area (TPSA) is 46.5 Å². The Kier molecular flexibility index (Phi) is 3.78. The average Bonchev–Trinajstić information content (AvgIpc) is 2.37. The van der Waals surface area contributed by atoms with Crippen LogP contribution in [0.25, 0.3) is 0 Å². The van der Waals surface area contributed by atoms with Gasteiger partial charge in [-0.1, -0.05) is 32.3 Å². The van der Waals surface area contributed by atoms with Gasteiger partial charge in [0, 0.05) is 11.5 Å². The third-order valence-corrected chi connectivity index (χ3v) is 5.45. The number of carbonyl (C=O) groups is 1. The molecule has 2 aliphatic rings. The van der Waals surface area contributed by atoms with Crippen molar-refractivity contribution >= 4 is 5.97 Å². The fourth-order valence-electron chi connectivity index (χ4n) is 4.44. The fraction of sp³-hybridized carbons (Fsp3) is 0.812. The van der Waals surface area contributed by atoms with Crippen LogP contribution in [-0.2, 0) is 9.53 Å². The van der Waals surface area contributed by atoms with Crippen LogP contribution in [0.3, 0.4) is 0 Å². The molecule has 0 unspecified atom stereocenters. The first-order chi connectivity index (χ1) is 8.87. The van der Waals surface area contributed by atoms with E-state index in [2.05, 4.69) is 6.58 Å². The van der Waals surface area contributed by atoms with Crippen molar-refractivity contribution < 1.29 is 14.6 Å². The van der Waals surface area contributed by atoms with Crippen molar-refractivity contribution in [1.82, 2.24) is 0 Å². The minimum atomic E-state index is -0.672. The van der Waals surface area contributed by atoms with E-state index in [4.69, 9.17) is 4.74 Å². The van der Waals surface area contributed by atoms with Gasteiger partial charge in [0.05, 0.1) is 5.60 Å². The van der Waals surface area contributed by atoms with Crippen molar-refractivity contribution in [3.63, 3.8) is 0 Å². The minimum absolute atomic E-state index is 0.296. The molecule has 0 aromatic carbocycles. The summed E-state index contributed by atoms with van der Waals surface area (Å²) in [5.41, 5.74) is -1.61. The summed E-state index contributed by atoms with van der Waals surface area (Å²) in [7, 11) is 0. The lowest BCUT2D eigenvalue weighted by Gasteiger charge is -2.60. The maximum Gasteiger partial charge on any atom is 0.330 e. The van der Waals surface area contributed by atoms with E-state index in [1.165, 1.54) is 6.08 Å². The van der Waals surface area contributed by atoms with E-state index < -0.39 is 17.2 Å². The van der Waals surface area contributed by atoms with Gasteiger partial charge in [-0.15, -0.1) is 0 Å². The van der Waals surface area contributed by atoms with Crippen LogP contribution in [0.15, 0.2) is 12.7 Å². The summed E-state index contributed by atoms with van der Waals surface area (Å²) in [4.78, 5) is 11.6. The summed E-state index contributed by atoms with van der Waals surface area (Å²) in [6.07, 6.45) is 9.14. The van der Waals surface area contributed by atoms with E-state index in [-0.39, 0.29) is 5.41 Å². The molecule has 0 aromatic rings. The standard InChI is InChI=1S/C16H26O3/c1-4-13(17)19-14(2,3)15-9-5-7-11-16(15,18)12-8-6-10-15/h4,18H,1,5-12H2,2-3H3/t15-,16-. The number of esters is 1. The summed E-state index contributed by atoms with van der Waals surface area (Å²) in [6, 6.07) is 0. The molecular weight excluding hydrogens is 240 g/mol. The van der Waals surface area contributed by atoms with Crippen LogP contribution < -0.4 is 0 Å². The Bertz CT molecular complexity index is 358. The Labute approximate surface area is 116 Å². The second kappa shape index (κ2) is 4.93. The molecule has 0 heterocycles. The number of ether oxygens (including phenoxy) is 1. The second-order valence-electron chi connectivity index (χ2n) is 6.66. The molecule has 3 nitrogen and oxygen atoms in total. The third-order valence-electron chi connectivity index (χ3n) is 5.45. The molecule has 2 aliphatic carbocycles. The van der Waals surface area contributed by atoms with Gasteiger partial charge in [0.2, 0.25) is 0 Å². The van der Waals surface area contributed by atoms with Gasteiger partial charge < -0.3 is 9.84 Å². The summed E-state index contributed by atoms with van der Waals surface area (Å²) in [6.45, 7) is 7.38. The highest BCUT2D eigenvalue weighted by Gasteiger charge is 2.61. The normalized spacial score (nSPS) is 35.3. The molecule has 2 saturated carbocycles. The third kappa shape index (κ3) is 2.22. The number of rotatable bonds is 3. The van der Waals surface area contributed by atoms with Gasteiger partial charge in [0.15, 0.2) is 0 Å². The SMILES string of the molecule is C=CC(=O)OC(C)(C)[C@]12CCCC[C@@]1(O)CCCC2. The second-order valence-corrected chi connectivity index (χ2v) is 6.66. The van der Waals surface area contributed by atoms with Gasteiger partial charge in [-0.2, -0.15) is 0 Å². The lowest BCUT2D eigenvalue weighted by atomic mass is 9.50. The van der Waals surface area contributed by atoms with E-state index in [9.17, 15) is 9.90 Å². The van der Waals surface area contributed by atoms with Crippen molar-refractivity contribution in [2.75, 3.05) is 0 Å². The molecule has 0 spiro atoms. The minimum Gasteiger partial charge on any atom is -0.456 e. The molecule has 0 aliphatic heterocycles. The van der Waals surface area contributed by atoms with Gasteiger partial charge >= 0.3 is 5.97 Å². The molecule has 2 fully saturated rings. The maximum absolute atomic E-state index is 11.6. The summed E-state index contributed by atoms with van der Waals surface area (Å²) in [5.74, 6) is -0.391. The Balaban J connectivity index is 2.35.